The molecule has 2 amide bonds. The van der Waals surface area contributed by atoms with Gasteiger partial charge in [-0.3, -0.25) is 9.59 Å². The maximum atomic E-state index is 11.9. The van der Waals surface area contributed by atoms with Gasteiger partial charge in [0, 0.05) is 77.9 Å². The van der Waals surface area contributed by atoms with Gasteiger partial charge in [0.15, 0.2) is 13.2 Å². The second-order valence-electron chi connectivity index (χ2n) is 12.7. The fraction of sp³-hybridized carbons (Fsp3) is 0.463. The van der Waals surface area contributed by atoms with Crippen LogP contribution in [0.2, 0.25) is 0 Å². The predicted octanol–water partition coefficient (Wildman–Crippen LogP) is 7.14. The number of rotatable bonds is 14. The maximum Gasteiger partial charge on any atom is 0.265 e. The quantitative estimate of drug-likeness (QED) is 0.129. The number of unbranched alkanes of at least 4 members (excludes halogenated alkanes) is 1. The molecule has 0 unspecified atom stereocenters. The SMILES string of the molecule is CCc1cn(CCCOC)c2ccccc12.COCCCCN1C(=O)COc2ccc(C)cc21.COCCCN1C(=O)COc2ccc(C)cc21. The monoisotopic (exact) mass is 701 g/mol. The van der Waals surface area contributed by atoms with Gasteiger partial charge < -0.3 is 38.1 Å². The summed E-state index contributed by atoms with van der Waals surface area (Å²) in [5.74, 6) is 1.63. The van der Waals surface area contributed by atoms with E-state index in [0.717, 1.165) is 92.4 Å². The number of aryl methyl sites for hydroxylation is 4. The summed E-state index contributed by atoms with van der Waals surface area (Å²) in [6.45, 7) is 11.2. The third-order valence-electron chi connectivity index (χ3n) is 8.82. The average molecular weight is 702 g/mol. The molecule has 0 radical (unpaired) electrons. The van der Waals surface area contributed by atoms with Crippen LogP contribution in [0.25, 0.3) is 10.9 Å². The zero-order valence-corrected chi connectivity index (χ0v) is 31.2. The summed E-state index contributed by atoms with van der Waals surface area (Å²) in [5, 5.41) is 1.39. The van der Waals surface area contributed by atoms with E-state index in [1.54, 1.807) is 26.2 Å². The van der Waals surface area contributed by atoms with Crippen molar-refractivity contribution in [3.63, 3.8) is 0 Å². The molecule has 0 saturated heterocycles. The Morgan fingerprint density at radius 1 is 0.647 bits per heavy atom. The molecule has 276 valence electrons. The summed E-state index contributed by atoms with van der Waals surface area (Å²) in [7, 11) is 5.11. The van der Waals surface area contributed by atoms with E-state index in [4.69, 9.17) is 23.7 Å². The van der Waals surface area contributed by atoms with Crippen LogP contribution >= 0.6 is 0 Å². The normalized spacial score (nSPS) is 13.4. The molecular formula is C41H55N3O7. The Balaban J connectivity index is 0.000000172. The Hall–Kier alpha value is -4.38. The second-order valence-corrected chi connectivity index (χ2v) is 12.7. The second kappa shape index (κ2) is 20.5. The smallest absolute Gasteiger partial charge is 0.265 e. The van der Waals surface area contributed by atoms with Crippen molar-refractivity contribution in [3.05, 3.63) is 83.6 Å². The zero-order chi connectivity index (χ0) is 36.6. The van der Waals surface area contributed by atoms with E-state index in [1.807, 2.05) is 55.1 Å². The molecule has 2 aliphatic heterocycles. The fourth-order valence-corrected chi connectivity index (χ4v) is 6.17. The van der Waals surface area contributed by atoms with E-state index in [-0.39, 0.29) is 25.0 Å². The Morgan fingerprint density at radius 3 is 1.71 bits per heavy atom. The topological polar surface area (TPSA) is 91.7 Å². The van der Waals surface area contributed by atoms with Crippen LogP contribution in [0.5, 0.6) is 11.5 Å². The summed E-state index contributed by atoms with van der Waals surface area (Å²) >= 11 is 0. The number of hydrogen-bond acceptors (Lipinski definition) is 7. The first-order valence-corrected chi connectivity index (χ1v) is 17.9. The molecule has 3 aromatic carbocycles. The van der Waals surface area contributed by atoms with Crippen LogP contribution in [-0.4, -0.2) is 83.8 Å². The third kappa shape index (κ3) is 11.1. The first-order chi connectivity index (χ1) is 24.8. The number of carbonyl (C=O) groups is 2. The highest BCUT2D eigenvalue weighted by molar-refractivity contribution is 5.98. The minimum absolute atomic E-state index is 0.0132. The molecule has 0 fully saturated rings. The van der Waals surface area contributed by atoms with Crippen LogP contribution in [0.3, 0.4) is 0 Å². The number of amides is 2. The molecule has 0 N–H and O–H groups in total. The van der Waals surface area contributed by atoms with Crippen molar-refractivity contribution in [2.24, 2.45) is 0 Å². The highest BCUT2D eigenvalue weighted by atomic mass is 16.5. The van der Waals surface area contributed by atoms with E-state index in [1.165, 1.54) is 16.5 Å². The van der Waals surface area contributed by atoms with Gasteiger partial charge in [-0.15, -0.1) is 0 Å². The molecule has 1 aromatic heterocycles. The van der Waals surface area contributed by atoms with Gasteiger partial charge in [0.2, 0.25) is 0 Å². The number of carbonyl (C=O) groups excluding carboxylic acids is 2. The van der Waals surface area contributed by atoms with Gasteiger partial charge in [-0.2, -0.15) is 0 Å². The molecule has 10 nitrogen and oxygen atoms in total. The van der Waals surface area contributed by atoms with Crippen LogP contribution in [0.1, 0.15) is 49.3 Å². The van der Waals surface area contributed by atoms with Crippen molar-refractivity contribution in [3.8, 4) is 11.5 Å². The van der Waals surface area contributed by atoms with Crippen molar-refractivity contribution in [2.75, 3.05) is 77.3 Å². The highest BCUT2D eigenvalue weighted by Gasteiger charge is 2.26. The lowest BCUT2D eigenvalue weighted by molar-refractivity contribution is -0.122. The Labute approximate surface area is 303 Å². The molecule has 0 aliphatic carbocycles. The molecule has 10 heteroatoms. The molecule has 0 saturated carbocycles. The number of ether oxygens (including phenoxy) is 5. The standard InChI is InChI=1S/C14H19NO3.C14H19NO.C13H17NO3/c1-11-5-6-13-12(9-11)15(14(16)10-18-13)7-3-4-8-17-2;1-3-12-11-15(9-6-10-16-2)14-8-5-4-7-13(12)14;1-10-4-5-12-11(8-10)14(6-3-7-16-2)13(15)9-17-12/h5-6,9H,3-4,7-8,10H2,1-2H3;4-5,7-8,11H,3,6,9-10H2,1-2H3;4-5,8H,3,6-7,9H2,1-2H3. The van der Waals surface area contributed by atoms with Gasteiger partial charge in [-0.05, 0) is 93.0 Å². The van der Waals surface area contributed by atoms with Crippen LogP contribution in [0, 0.1) is 13.8 Å². The minimum Gasteiger partial charge on any atom is -0.482 e. The number of para-hydroxylation sites is 1. The Bertz CT molecular complexity index is 1700. The molecule has 0 atom stereocenters. The third-order valence-corrected chi connectivity index (χ3v) is 8.82. The van der Waals surface area contributed by atoms with Crippen LogP contribution in [-0.2, 0) is 36.8 Å². The molecule has 0 bridgehead atoms. The molecular weight excluding hydrogens is 646 g/mol. The molecule has 51 heavy (non-hydrogen) atoms. The van der Waals surface area contributed by atoms with Gasteiger partial charge >= 0.3 is 0 Å². The van der Waals surface area contributed by atoms with Crippen molar-refractivity contribution >= 4 is 34.1 Å². The minimum atomic E-state index is 0.0132. The lowest BCUT2D eigenvalue weighted by Crippen LogP contribution is -2.39. The average Bonchev–Trinajstić information content (AvgIpc) is 3.50. The van der Waals surface area contributed by atoms with Crippen molar-refractivity contribution < 1.29 is 33.3 Å². The summed E-state index contributed by atoms with van der Waals surface area (Å²) < 4.78 is 28.3. The maximum absolute atomic E-state index is 11.9. The lowest BCUT2D eigenvalue weighted by atomic mass is 10.1. The van der Waals surface area contributed by atoms with Crippen molar-refractivity contribution in [2.45, 2.75) is 59.4 Å². The number of aromatic nitrogens is 1. The van der Waals surface area contributed by atoms with Crippen LogP contribution in [0.15, 0.2) is 66.9 Å². The van der Waals surface area contributed by atoms with Crippen molar-refractivity contribution in [1.29, 1.82) is 0 Å². The fourth-order valence-electron chi connectivity index (χ4n) is 6.17. The first-order valence-electron chi connectivity index (χ1n) is 17.9. The van der Waals surface area contributed by atoms with Gasteiger partial charge in [0.1, 0.15) is 11.5 Å². The molecule has 4 aromatic rings. The van der Waals surface area contributed by atoms with Crippen LogP contribution < -0.4 is 19.3 Å². The van der Waals surface area contributed by atoms with Gasteiger partial charge in [0.25, 0.3) is 11.8 Å². The van der Waals surface area contributed by atoms with E-state index in [0.29, 0.717) is 13.2 Å². The van der Waals surface area contributed by atoms with E-state index in [9.17, 15) is 9.59 Å². The molecule has 0 spiro atoms. The number of benzene rings is 3. The number of anilines is 2. The summed E-state index contributed by atoms with van der Waals surface area (Å²) in [4.78, 5) is 27.3. The van der Waals surface area contributed by atoms with Gasteiger partial charge in [-0.1, -0.05) is 37.3 Å². The number of fused-ring (bicyclic) bond motifs is 3. The largest absolute Gasteiger partial charge is 0.482 e. The van der Waals surface area contributed by atoms with E-state index in [2.05, 4.69) is 42.0 Å². The lowest BCUT2D eigenvalue weighted by Gasteiger charge is -2.29. The molecule has 3 heterocycles. The Kier molecular flexibility index (Phi) is 15.8. The van der Waals surface area contributed by atoms with E-state index >= 15 is 0 Å². The van der Waals surface area contributed by atoms with Crippen molar-refractivity contribution in [1.82, 2.24) is 4.57 Å². The molecule has 6 rings (SSSR count). The predicted molar refractivity (Wildman–Crippen MR) is 203 cm³/mol. The summed E-state index contributed by atoms with van der Waals surface area (Å²) in [5.41, 5.74) is 6.80. The van der Waals surface area contributed by atoms with Gasteiger partial charge in [-0.25, -0.2) is 0 Å². The Morgan fingerprint density at radius 2 is 1.16 bits per heavy atom. The number of hydrogen-bond donors (Lipinski definition) is 0. The van der Waals surface area contributed by atoms with Gasteiger partial charge in [0.05, 0.1) is 11.4 Å². The van der Waals surface area contributed by atoms with Crippen LogP contribution in [0.4, 0.5) is 11.4 Å². The summed E-state index contributed by atoms with van der Waals surface area (Å²) in [6.07, 6.45) is 7.17. The zero-order valence-electron chi connectivity index (χ0n) is 31.2. The molecule has 2 aliphatic rings. The number of nitrogens with zero attached hydrogens (tertiary/aromatic N) is 3. The van der Waals surface area contributed by atoms with E-state index < -0.39 is 0 Å². The number of methoxy groups -OCH3 is 3. The first kappa shape index (κ1) is 39.4. The highest BCUT2D eigenvalue weighted by Crippen LogP contribution is 2.34. The summed E-state index contributed by atoms with van der Waals surface area (Å²) in [6, 6.07) is 20.4.